The van der Waals surface area contributed by atoms with Crippen molar-refractivity contribution in [3.05, 3.63) is 53.6 Å². The van der Waals surface area contributed by atoms with Crippen molar-refractivity contribution in [3.8, 4) is 0 Å². The molecule has 2 aliphatic rings. The predicted molar refractivity (Wildman–Crippen MR) is 103 cm³/mol. The molecule has 0 radical (unpaired) electrons. The van der Waals surface area contributed by atoms with Gasteiger partial charge in [-0.25, -0.2) is 14.3 Å². The second-order valence-electron chi connectivity index (χ2n) is 8.28. The number of hydrogen-bond acceptors (Lipinski definition) is 6. The summed E-state index contributed by atoms with van der Waals surface area (Å²) in [6.07, 6.45) is 3.33. The SMILES string of the molecule is CC(C)(C)OC(=O)n1cnc([C@H]2CC[C@H](CN3C(=O)c4ccccc4C3=O)O2)c1. The van der Waals surface area contributed by atoms with Crippen molar-refractivity contribution < 1.29 is 23.9 Å². The number of carbonyl (C=O) groups is 3. The molecule has 0 spiro atoms. The lowest BCUT2D eigenvalue weighted by atomic mass is 10.1. The van der Waals surface area contributed by atoms with Crippen LogP contribution in [0.1, 0.15) is 66.1 Å². The summed E-state index contributed by atoms with van der Waals surface area (Å²) in [6, 6.07) is 6.82. The molecule has 29 heavy (non-hydrogen) atoms. The van der Waals surface area contributed by atoms with Crippen LogP contribution in [0.15, 0.2) is 36.8 Å². The second kappa shape index (κ2) is 7.11. The lowest BCUT2D eigenvalue weighted by Gasteiger charge is -2.19. The fraction of sp³-hybridized carbons (Fsp3) is 0.429. The number of carbonyl (C=O) groups excluding carboxylic acids is 3. The molecule has 4 rings (SSSR count). The highest BCUT2D eigenvalue weighted by atomic mass is 16.6. The Morgan fingerprint density at radius 2 is 1.83 bits per heavy atom. The van der Waals surface area contributed by atoms with Crippen LogP contribution in [-0.2, 0) is 9.47 Å². The van der Waals surface area contributed by atoms with Gasteiger partial charge in [0.2, 0.25) is 0 Å². The number of rotatable bonds is 3. The van der Waals surface area contributed by atoms with E-state index in [1.807, 2.05) is 0 Å². The number of nitrogens with zero attached hydrogens (tertiary/aromatic N) is 3. The van der Waals surface area contributed by atoms with E-state index >= 15 is 0 Å². The van der Waals surface area contributed by atoms with Crippen LogP contribution in [0.2, 0.25) is 0 Å². The first-order valence-electron chi connectivity index (χ1n) is 9.61. The number of fused-ring (bicyclic) bond motifs is 1. The van der Waals surface area contributed by atoms with E-state index in [4.69, 9.17) is 9.47 Å². The first kappa shape index (κ1) is 19.3. The van der Waals surface area contributed by atoms with Gasteiger partial charge in [0.05, 0.1) is 29.5 Å². The normalized spacial score (nSPS) is 21.6. The zero-order chi connectivity index (χ0) is 20.8. The standard InChI is InChI=1S/C21H23N3O5/c1-21(2,3)29-20(27)23-11-16(22-12-23)17-9-8-13(28-17)10-24-18(25)14-6-4-5-7-15(14)19(24)26/h4-7,11-13,17H,8-10H2,1-3H3/t13-,17-/m1/s1. The summed E-state index contributed by atoms with van der Waals surface area (Å²) in [5.41, 5.74) is 0.898. The molecule has 152 valence electrons. The van der Waals surface area contributed by atoms with Crippen LogP contribution >= 0.6 is 0 Å². The maximum atomic E-state index is 12.5. The monoisotopic (exact) mass is 397 g/mol. The van der Waals surface area contributed by atoms with Crippen molar-refractivity contribution in [1.82, 2.24) is 14.5 Å². The molecule has 2 aliphatic heterocycles. The average Bonchev–Trinajstić information content (AvgIpc) is 3.37. The molecular formula is C21H23N3O5. The van der Waals surface area contributed by atoms with Crippen molar-refractivity contribution >= 4 is 17.9 Å². The first-order valence-corrected chi connectivity index (χ1v) is 9.61. The van der Waals surface area contributed by atoms with E-state index in [0.717, 1.165) is 0 Å². The Kier molecular flexibility index (Phi) is 4.74. The molecule has 1 saturated heterocycles. The minimum absolute atomic E-state index is 0.204. The molecule has 2 amide bonds. The van der Waals surface area contributed by atoms with Crippen molar-refractivity contribution in [2.75, 3.05) is 6.54 Å². The Balaban J connectivity index is 1.39. The van der Waals surface area contributed by atoms with Gasteiger partial charge in [-0.1, -0.05) is 12.1 Å². The maximum absolute atomic E-state index is 12.5. The number of aromatic nitrogens is 2. The predicted octanol–water partition coefficient (Wildman–Crippen LogP) is 3.18. The highest BCUT2D eigenvalue weighted by molar-refractivity contribution is 6.21. The second-order valence-corrected chi connectivity index (χ2v) is 8.28. The maximum Gasteiger partial charge on any atom is 0.419 e. The third kappa shape index (κ3) is 3.80. The molecule has 1 fully saturated rings. The van der Waals surface area contributed by atoms with Crippen molar-refractivity contribution in [2.45, 2.75) is 51.4 Å². The smallest absolute Gasteiger partial charge is 0.419 e. The summed E-state index contributed by atoms with van der Waals surface area (Å²) in [5.74, 6) is -0.571. The topological polar surface area (TPSA) is 90.7 Å². The van der Waals surface area contributed by atoms with Gasteiger partial charge in [0.1, 0.15) is 18.0 Å². The number of amides is 2. The Bertz CT molecular complexity index is 940. The van der Waals surface area contributed by atoms with Gasteiger partial charge in [-0.2, -0.15) is 0 Å². The number of imidazole rings is 1. The lowest BCUT2D eigenvalue weighted by molar-refractivity contribution is 0.0202. The number of ether oxygens (including phenoxy) is 2. The molecule has 8 heteroatoms. The van der Waals surface area contributed by atoms with Gasteiger partial charge in [-0.3, -0.25) is 14.5 Å². The highest BCUT2D eigenvalue weighted by Gasteiger charge is 2.39. The molecule has 0 bridgehead atoms. The van der Waals surface area contributed by atoms with E-state index in [0.29, 0.717) is 29.7 Å². The van der Waals surface area contributed by atoms with E-state index in [2.05, 4.69) is 4.98 Å². The fourth-order valence-electron chi connectivity index (χ4n) is 3.58. The van der Waals surface area contributed by atoms with E-state index in [-0.39, 0.29) is 30.6 Å². The van der Waals surface area contributed by atoms with Gasteiger partial charge in [-0.05, 0) is 45.7 Å². The van der Waals surface area contributed by atoms with Crippen LogP contribution in [0.25, 0.3) is 0 Å². The molecule has 8 nitrogen and oxygen atoms in total. The van der Waals surface area contributed by atoms with Crippen molar-refractivity contribution in [2.24, 2.45) is 0 Å². The lowest BCUT2D eigenvalue weighted by Crippen LogP contribution is -2.36. The van der Waals surface area contributed by atoms with Crippen LogP contribution in [0, 0.1) is 0 Å². The Morgan fingerprint density at radius 1 is 1.17 bits per heavy atom. The first-order chi connectivity index (χ1) is 13.7. The van der Waals surface area contributed by atoms with Crippen molar-refractivity contribution in [1.29, 1.82) is 0 Å². The average molecular weight is 397 g/mol. The van der Waals surface area contributed by atoms with Gasteiger partial charge in [0.25, 0.3) is 11.8 Å². The Morgan fingerprint density at radius 3 is 2.45 bits per heavy atom. The van der Waals surface area contributed by atoms with Gasteiger partial charge >= 0.3 is 6.09 Å². The summed E-state index contributed by atoms with van der Waals surface area (Å²) in [4.78, 5) is 42.7. The van der Waals surface area contributed by atoms with Crippen LogP contribution in [-0.4, -0.2) is 50.6 Å². The van der Waals surface area contributed by atoms with Crippen LogP contribution < -0.4 is 0 Å². The highest BCUT2D eigenvalue weighted by Crippen LogP contribution is 2.33. The molecule has 1 aromatic heterocycles. The molecule has 0 N–H and O–H groups in total. The van der Waals surface area contributed by atoms with Gasteiger partial charge < -0.3 is 9.47 Å². The van der Waals surface area contributed by atoms with Crippen LogP contribution in [0.4, 0.5) is 4.79 Å². The molecule has 0 aliphatic carbocycles. The summed E-state index contributed by atoms with van der Waals surface area (Å²) in [6.45, 7) is 5.60. The van der Waals surface area contributed by atoms with Crippen LogP contribution in [0.3, 0.4) is 0 Å². The largest absolute Gasteiger partial charge is 0.443 e. The molecule has 2 atom stereocenters. The molecule has 1 aromatic carbocycles. The molecule has 3 heterocycles. The third-order valence-electron chi connectivity index (χ3n) is 4.91. The van der Waals surface area contributed by atoms with E-state index in [1.54, 1.807) is 51.2 Å². The number of imide groups is 1. The van der Waals surface area contributed by atoms with E-state index in [9.17, 15) is 14.4 Å². The van der Waals surface area contributed by atoms with Gasteiger partial charge in [-0.15, -0.1) is 0 Å². The molecular weight excluding hydrogens is 374 g/mol. The van der Waals surface area contributed by atoms with E-state index < -0.39 is 11.7 Å². The summed E-state index contributed by atoms with van der Waals surface area (Å²) >= 11 is 0. The summed E-state index contributed by atoms with van der Waals surface area (Å²) in [7, 11) is 0. The quantitative estimate of drug-likeness (QED) is 0.739. The Labute approximate surface area is 168 Å². The third-order valence-corrected chi connectivity index (χ3v) is 4.91. The van der Waals surface area contributed by atoms with Gasteiger partial charge in [0.15, 0.2) is 0 Å². The van der Waals surface area contributed by atoms with Crippen molar-refractivity contribution in [3.63, 3.8) is 0 Å². The zero-order valence-electron chi connectivity index (χ0n) is 16.6. The number of hydrogen-bond donors (Lipinski definition) is 0. The van der Waals surface area contributed by atoms with E-state index in [1.165, 1.54) is 15.8 Å². The molecule has 2 aromatic rings. The number of benzene rings is 1. The summed E-state index contributed by atoms with van der Waals surface area (Å²) in [5, 5.41) is 0. The minimum atomic E-state index is -0.594. The zero-order valence-corrected chi connectivity index (χ0v) is 16.6. The molecule has 0 unspecified atom stereocenters. The fourth-order valence-corrected chi connectivity index (χ4v) is 3.58. The Hall–Kier alpha value is -3.00. The van der Waals surface area contributed by atoms with Crippen LogP contribution in [0.5, 0.6) is 0 Å². The summed E-state index contributed by atoms with van der Waals surface area (Å²) < 4.78 is 12.6. The molecule has 0 saturated carbocycles. The van der Waals surface area contributed by atoms with Gasteiger partial charge in [0, 0.05) is 6.20 Å². The minimum Gasteiger partial charge on any atom is -0.443 e.